The van der Waals surface area contributed by atoms with Crippen LogP contribution in [0.3, 0.4) is 0 Å². The third-order valence-electron chi connectivity index (χ3n) is 5.50. The number of imidazole rings is 1. The molecular formula is C20H24N4O3. The van der Waals surface area contributed by atoms with E-state index in [1.54, 1.807) is 18.2 Å². The van der Waals surface area contributed by atoms with E-state index in [2.05, 4.69) is 21.9 Å². The largest absolute Gasteiger partial charge is 0.478 e. The van der Waals surface area contributed by atoms with Gasteiger partial charge in [0.25, 0.3) is 0 Å². The van der Waals surface area contributed by atoms with Crippen LogP contribution in [-0.2, 0) is 17.8 Å². The van der Waals surface area contributed by atoms with Crippen molar-refractivity contribution < 1.29 is 14.7 Å². The first-order chi connectivity index (χ1) is 13.0. The Balaban J connectivity index is 1.51. The van der Waals surface area contributed by atoms with Crippen LogP contribution >= 0.6 is 0 Å². The fourth-order valence-electron chi connectivity index (χ4n) is 4.04. The highest BCUT2D eigenvalue weighted by atomic mass is 16.4. The lowest BCUT2D eigenvalue weighted by atomic mass is 9.96. The smallest absolute Gasteiger partial charge is 0.335 e. The highest BCUT2D eigenvalue weighted by Crippen LogP contribution is 2.26. The number of nitrogens with one attached hydrogen (secondary N) is 1. The second-order valence-corrected chi connectivity index (χ2v) is 7.51. The molecule has 2 aliphatic rings. The molecule has 1 saturated heterocycles. The van der Waals surface area contributed by atoms with Crippen molar-refractivity contribution in [1.29, 1.82) is 0 Å². The van der Waals surface area contributed by atoms with Crippen molar-refractivity contribution in [1.82, 2.24) is 19.8 Å². The number of benzene rings is 1. The first-order valence-electron chi connectivity index (χ1n) is 9.40. The number of piperidine rings is 1. The highest BCUT2D eigenvalue weighted by Gasteiger charge is 2.31. The minimum Gasteiger partial charge on any atom is -0.478 e. The molecule has 3 heterocycles. The summed E-state index contributed by atoms with van der Waals surface area (Å²) in [6.07, 6.45) is 2.75. The zero-order valence-electron chi connectivity index (χ0n) is 15.4. The van der Waals surface area contributed by atoms with Crippen molar-refractivity contribution in [2.24, 2.45) is 5.92 Å². The Labute approximate surface area is 158 Å². The number of fused-ring (bicyclic) bond motifs is 1. The van der Waals surface area contributed by atoms with Gasteiger partial charge in [-0.15, -0.1) is 0 Å². The predicted molar refractivity (Wildman–Crippen MR) is 100 cm³/mol. The van der Waals surface area contributed by atoms with Crippen LogP contribution in [0, 0.1) is 5.92 Å². The first kappa shape index (κ1) is 17.7. The van der Waals surface area contributed by atoms with Gasteiger partial charge >= 0.3 is 5.97 Å². The molecule has 1 aromatic heterocycles. The van der Waals surface area contributed by atoms with E-state index in [4.69, 9.17) is 0 Å². The maximum Gasteiger partial charge on any atom is 0.335 e. The Kier molecular flexibility index (Phi) is 4.70. The number of carboxylic acid groups (broad SMARTS) is 1. The Morgan fingerprint density at radius 1 is 1.30 bits per heavy atom. The van der Waals surface area contributed by atoms with Crippen molar-refractivity contribution >= 4 is 11.9 Å². The summed E-state index contributed by atoms with van der Waals surface area (Å²) in [4.78, 5) is 36.2. The molecule has 0 aliphatic carbocycles. The van der Waals surface area contributed by atoms with Crippen molar-refractivity contribution in [3.05, 3.63) is 41.2 Å². The molecule has 0 spiro atoms. The van der Waals surface area contributed by atoms with Crippen LogP contribution in [0.15, 0.2) is 24.3 Å². The van der Waals surface area contributed by atoms with Gasteiger partial charge < -0.3 is 19.9 Å². The molecule has 2 aromatic rings. The quantitative estimate of drug-likeness (QED) is 0.865. The van der Waals surface area contributed by atoms with Crippen molar-refractivity contribution in [3.8, 4) is 11.4 Å². The van der Waals surface area contributed by atoms with Crippen LogP contribution < -0.4 is 0 Å². The van der Waals surface area contributed by atoms with Gasteiger partial charge in [0.2, 0.25) is 5.91 Å². The minimum atomic E-state index is -0.956. The fraction of sp³-hybridized carbons (Fsp3) is 0.450. The summed E-state index contributed by atoms with van der Waals surface area (Å²) in [7, 11) is 2.07. The zero-order chi connectivity index (χ0) is 19.0. The van der Waals surface area contributed by atoms with Gasteiger partial charge in [-0.25, -0.2) is 9.78 Å². The molecule has 0 unspecified atom stereocenters. The van der Waals surface area contributed by atoms with Gasteiger partial charge in [0.05, 0.1) is 29.4 Å². The molecule has 2 N–H and O–H groups in total. The second kappa shape index (κ2) is 7.15. The highest BCUT2D eigenvalue weighted by molar-refractivity contribution is 5.89. The van der Waals surface area contributed by atoms with E-state index in [-0.39, 0.29) is 17.4 Å². The van der Waals surface area contributed by atoms with E-state index in [1.807, 2.05) is 11.0 Å². The SMILES string of the molecule is CN1CCC[C@@H](C(=O)N2CCc3nc(-c4cccc(C(=O)O)c4)[nH]c3C2)C1. The summed E-state index contributed by atoms with van der Waals surface area (Å²) in [5, 5.41) is 9.18. The molecule has 1 amide bonds. The number of nitrogens with zero attached hydrogens (tertiary/aromatic N) is 3. The molecule has 1 fully saturated rings. The summed E-state index contributed by atoms with van der Waals surface area (Å²) >= 11 is 0. The molecule has 0 saturated carbocycles. The maximum atomic E-state index is 12.9. The van der Waals surface area contributed by atoms with Gasteiger partial charge in [-0.1, -0.05) is 12.1 Å². The number of aromatic amines is 1. The fourth-order valence-corrected chi connectivity index (χ4v) is 4.04. The van der Waals surface area contributed by atoms with Gasteiger partial charge in [0.15, 0.2) is 0 Å². The number of rotatable bonds is 3. The second-order valence-electron chi connectivity index (χ2n) is 7.51. The number of carbonyl (C=O) groups excluding carboxylic acids is 1. The van der Waals surface area contributed by atoms with Gasteiger partial charge in [0, 0.05) is 25.1 Å². The van der Waals surface area contributed by atoms with E-state index >= 15 is 0 Å². The zero-order valence-corrected chi connectivity index (χ0v) is 15.4. The number of aromatic nitrogens is 2. The Morgan fingerprint density at radius 3 is 2.93 bits per heavy atom. The Morgan fingerprint density at radius 2 is 2.15 bits per heavy atom. The molecule has 0 radical (unpaired) electrons. The van der Waals surface area contributed by atoms with Crippen LogP contribution in [0.25, 0.3) is 11.4 Å². The summed E-state index contributed by atoms with van der Waals surface area (Å²) in [5.74, 6) is 0.0216. The molecule has 7 nitrogen and oxygen atoms in total. The molecule has 0 bridgehead atoms. The summed E-state index contributed by atoms with van der Waals surface area (Å²) in [6, 6.07) is 6.75. The molecule has 2 aliphatic heterocycles. The number of amides is 1. The van der Waals surface area contributed by atoms with Crippen LogP contribution in [0.1, 0.15) is 34.6 Å². The Hall–Kier alpha value is -2.67. The maximum absolute atomic E-state index is 12.9. The third-order valence-corrected chi connectivity index (χ3v) is 5.50. The van der Waals surface area contributed by atoms with E-state index in [9.17, 15) is 14.7 Å². The monoisotopic (exact) mass is 368 g/mol. The normalized spacial score (nSPS) is 20.3. The van der Waals surface area contributed by atoms with E-state index in [0.717, 1.165) is 49.3 Å². The van der Waals surface area contributed by atoms with Crippen molar-refractivity contribution in [3.63, 3.8) is 0 Å². The lowest BCUT2D eigenvalue weighted by molar-refractivity contribution is -0.138. The van der Waals surface area contributed by atoms with Gasteiger partial charge in [-0.3, -0.25) is 4.79 Å². The van der Waals surface area contributed by atoms with Crippen molar-refractivity contribution in [2.75, 3.05) is 26.7 Å². The number of carbonyl (C=O) groups is 2. The molecule has 142 valence electrons. The van der Waals surface area contributed by atoms with Gasteiger partial charge in [0.1, 0.15) is 5.82 Å². The number of carboxylic acids is 1. The number of hydrogen-bond acceptors (Lipinski definition) is 4. The molecular weight excluding hydrogens is 344 g/mol. The van der Waals surface area contributed by atoms with Crippen LogP contribution in [0.5, 0.6) is 0 Å². The summed E-state index contributed by atoms with van der Waals surface area (Å²) in [5.41, 5.74) is 2.90. The molecule has 27 heavy (non-hydrogen) atoms. The third kappa shape index (κ3) is 3.60. The van der Waals surface area contributed by atoms with Gasteiger partial charge in [-0.05, 0) is 38.6 Å². The average molecular weight is 368 g/mol. The van der Waals surface area contributed by atoms with Crippen LogP contribution in [-0.4, -0.2) is 63.4 Å². The summed E-state index contributed by atoms with van der Waals surface area (Å²) in [6.45, 7) is 3.12. The standard InChI is InChI=1S/C20H24N4O3/c1-23-8-3-6-15(11-23)19(25)24-9-7-16-17(12-24)22-18(21-16)13-4-2-5-14(10-13)20(26)27/h2,4-5,10,15H,3,6-9,11-12H2,1H3,(H,21,22)(H,26,27)/t15-/m1/s1. The molecule has 7 heteroatoms. The summed E-state index contributed by atoms with van der Waals surface area (Å²) < 4.78 is 0. The number of aromatic carboxylic acids is 1. The molecule has 1 aromatic carbocycles. The lowest BCUT2D eigenvalue weighted by Crippen LogP contribution is -2.45. The van der Waals surface area contributed by atoms with Crippen LogP contribution in [0.2, 0.25) is 0 Å². The predicted octanol–water partition coefficient (Wildman–Crippen LogP) is 2.00. The molecule has 1 atom stereocenters. The van der Waals surface area contributed by atoms with E-state index in [1.165, 1.54) is 0 Å². The minimum absolute atomic E-state index is 0.0833. The lowest BCUT2D eigenvalue weighted by Gasteiger charge is -2.34. The number of hydrogen-bond donors (Lipinski definition) is 2. The topological polar surface area (TPSA) is 89.5 Å². The van der Waals surface area contributed by atoms with E-state index < -0.39 is 5.97 Å². The number of H-pyrrole nitrogens is 1. The van der Waals surface area contributed by atoms with Crippen LogP contribution in [0.4, 0.5) is 0 Å². The number of likely N-dealkylation sites (tertiary alicyclic amines) is 1. The van der Waals surface area contributed by atoms with Gasteiger partial charge in [-0.2, -0.15) is 0 Å². The van der Waals surface area contributed by atoms with E-state index in [0.29, 0.717) is 18.9 Å². The first-order valence-corrected chi connectivity index (χ1v) is 9.40. The van der Waals surface area contributed by atoms with Crippen molar-refractivity contribution in [2.45, 2.75) is 25.8 Å². The Bertz CT molecular complexity index is 876. The average Bonchev–Trinajstić information content (AvgIpc) is 3.11. The molecule has 4 rings (SSSR count).